The molecule has 2 amide bonds. The summed E-state index contributed by atoms with van der Waals surface area (Å²) in [7, 11) is 0. The second kappa shape index (κ2) is 12.7. The molecule has 48 heavy (non-hydrogen) atoms. The number of para-hydroxylation sites is 1. The fraction of sp³-hybridized carbons (Fsp3) is 0.233. The largest absolute Gasteiger partial charge is 0.573 e. The van der Waals surface area contributed by atoms with Crippen LogP contribution in [0, 0.1) is 0 Å². The van der Waals surface area contributed by atoms with Crippen molar-refractivity contribution in [3.63, 3.8) is 0 Å². The molecule has 5 aromatic rings. The summed E-state index contributed by atoms with van der Waals surface area (Å²) in [5, 5.41) is 9.39. The lowest BCUT2D eigenvalue weighted by Gasteiger charge is -2.23. The Hall–Kier alpha value is -5.32. The van der Waals surface area contributed by atoms with Gasteiger partial charge in [0.15, 0.2) is 11.5 Å². The van der Waals surface area contributed by atoms with Crippen molar-refractivity contribution in [1.29, 1.82) is 0 Å². The van der Waals surface area contributed by atoms with Gasteiger partial charge in [-0.15, -0.1) is 18.3 Å². The van der Waals surface area contributed by atoms with Crippen LogP contribution in [0.5, 0.6) is 5.75 Å². The van der Waals surface area contributed by atoms with Gasteiger partial charge in [0.25, 0.3) is 0 Å². The summed E-state index contributed by atoms with van der Waals surface area (Å²) >= 11 is 5.90. The lowest BCUT2D eigenvalue weighted by molar-refractivity contribution is -0.274. The van der Waals surface area contributed by atoms with Crippen LogP contribution in [-0.4, -0.2) is 68.5 Å². The number of nitrogens with zero attached hydrogens (tertiary/aromatic N) is 5. The number of carbonyl (C=O) groups excluding carboxylic acids is 2. The molecule has 1 fully saturated rings. The molecule has 0 radical (unpaired) electrons. The molecule has 1 aliphatic heterocycles. The maximum absolute atomic E-state index is 14.1. The molecule has 0 aliphatic carbocycles. The molecule has 2 aromatic heterocycles. The molecule has 0 saturated carbocycles. The molecular weight excluding hydrogens is 672 g/mol. The van der Waals surface area contributed by atoms with E-state index in [0.717, 1.165) is 34.3 Å². The van der Waals surface area contributed by atoms with Crippen LogP contribution in [0.4, 0.5) is 37.1 Å². The maximum atomic E-state index is 14.1. The molecule has 250 valence electrons. The summed E-state index contributed by atoms with van der Waals surface area (Å²) in [6.45, 7) is -0.232. The van der Waals surface area contributed by atoms with Crippen molar-refractivity contribution in [2.45, 2.75) is 25.2 Å². The van der Waals surface area contributed by atoms with E-state index in [4.69, 9.17) is 16.3 Å². The van der Waals surface area contributed by atoms with E-state index < -0.39 is 53.4 Å². The third-order valence-electron chi connectivity index (χ3n) is 7.19. The number of hydrogen-bond donors (Lipinski definition) is 2. The summed E-state index contributed by atoms with van der Waals surface area (Å²) in [6.07, 6.45) is -10.7. The highest BCUT2D eigenvalue weighted by Crippen LogP contribution is 2.38. The molecule has 0 bridgehead atoms. The molecule has 1 saturated heterocycles. The van der Waals surface area contributed by atoms with E-state index in [9.17, 15) is 35.9 Å². The fourth-order valence-corrected chi connectivity index (χ4v) is 5.20. The first kappa shape index (κ1) is 32.6. The van der Waals surface area contributed by atoms with Gasteiger partial charge in [-0.25, -0.2) is 14.8 Å². The van der Waals surface area contributed by atoms with Crippen LogP contribution in [0.1, 0.15) is 11.1 Å². The molecule has 2 N–H and O–H groups in total. The predicted octanol–water partition coefficient (Wildman–Crippen LogP) is 6.06. The first-order valence-electron chi connectivity index (χ1n) is 14.1. The van der Waals surface area contributed by atoms with Gasteiger partial charge in [0, 0.05) is 23.5 Å². The molecule has 3 heterocycles. The summed E-state index contributed by atoms with van der Waals surface area (Å²) in [5.74, 6) is -2.18. The normalized spacial score (nSPS) is 15.7. The summed E-state index contributed by atoms with van der Waals surface area (Å²) in [5.41, 5.74) is -1.51. The van der Waals surface area contributed by atoms with Gasteiger partial charge in [0.1, 0.15) is 18.4 Å². The van der Waals surface area contributed by atoms with Gasteiger partial charge < -0.3 is 25.0 Å². The van der Waals surface area contributed by atoms with Gasteiger partial charge in [0.2, 0.25) is 11.9 Å². The average molecular weight is 694 g/mol. The molecule has 6 rings (SSSR count). The molecular formula is C30H22ClF6N7O4. The summed E-state index contributed by atoms with van der Waals surface area (Å²) < 4.78 is 92.6. The number of halogens is 7. The van der Waals surface area contributed by atoms with Crippen LogP contribution in [0.3, 0.4) is 0 Å². The topological polar surface area (TPSA) is 123 Å². The van der Waals surface area contributed by atoms with Gasteiger partial charge in [-0.3, -0.25) is 4.79 Å². The number of carbonyl (C=O) groups is 2. The van der Waals surface area contributed by atoms with E-state index in [1.165, 1.54) is 17.0 Å². The number of alkyl halides is 6. The number of benzene rings is 3. The zero-order chi connectivity index (χ0) is 34.2. The van der Waals surface area contributed by atoms with Crippen LogP contribution in [0.25, 0.3) is 27.9 Å². The van der Waals surface area contributed by atoms with E-state index in [1.54, 1.807) is 30.3 Å². The zero-order valence-corrected chi connectivity index (χ0v) is 25.0. The van der Waals surface area contributed by atoms with Crippen molar-refractivity contribution in [2.24, 2.45) is 0 Å². The minimum Gasteiger partial charge on any atom is -0.445 e. The van der Waals surface area contributed by atoms with Crippen LogP contribution in [0.2, 0.25) is 5.02 Å². The van der Waals surface area contributed by atoms with Gasteiger partial charge in [-0.2, -0.15) is 17.7 Å². The highest BCUT2D eigenvalue weighted by Gasteiger charge is 2.36. The molecule has 1 atom stereocenters. The Labute approximate surface area is 271 Å². The van der Waals surface area contributed by atoms with Gasteiger partial charge in [-0.1, -0.05) is 48.0 Å². The number of hydrogen-bond acceptors (Lipinski definition) is 8. The number of ether oxygens (including phenoxy) is 2. The Morgan fingerprint density at radius 3 is 2.52 bits per heavy atom. The number of amides is 2. The average Bonchev–Trinajstić information content (AvgIpc) is 3.39. The minimum atomic E-state index is -5.12. The lowest BCUT2D eigenvalue weighted by atomic mass is 10.1. The van der Waals surface area contributed by atoms with Crippen LogP contribution in [-0.2, 0) is 22.3 Å². The van der Waals surface area contributed by atoms with Crippen molar-refractivity contribution in [3.8, 4) is 17.1 Å². The summed E-state index contributed by atoms with van der Waals surface area (Å²) in [4.78, 5) is 35.7. The molecule has 3 aromatic carbocycles. The molecule has 1 aliphatic rings. The van der Waals surface area contributed by atoms with Crippen molar-refractivity contribution in [2.75, 3.05) is 25.0 Å². The third kappa shape index (κ3) is 7.00. The van der Waals surface area contributed by atoms with Crippen LogP contribution >= 0.6 is 11.6 Å². The van der Waals surface area contributed by atoms with Gasteiger partial charge in [0.05, 0.1) is 23.2 Å². The van der Waals surface area contributed by atoms with E-state index in [2.05, 4.69) is 30.4 Å². The van der Waals surface area contributed by atoms with E-state index in [1.807, 2.05) is 0 Å². The number of nitrogens with one attached hydrogen (secondary N) is 2. The molecule has 0 spiro atoms. The maximum Gasteiger partial charge on any atom is 0.573 e. The SMILES string of the molecule is O=C1NCCN(C(=O)OCc2ccccc2)C[C@H]1Nc1nc2c(C(F)(F)F)cccc2c2nc(-c3ccc(Cl)cc3OC(F)(F)F)nn12. The third-order valence-corrected chi connectivity index (χ3v) is 7.42. The van der Waals surface area contributed by atoms with Crippen molar-refractivity contribution in [3.05, 3.63) is 82.9 Å². The second-order valence-corrected chi connectivity index (χ2v) is 10.9. The number of aromatic nitrogens is 4. The van der Waals surface area contributed by atoms with Crippen molar-refractivity contribution in [1.82, 2.24) is 29.8 Å². The Morgan fingerprint density at radius 1 is 1.02 bits per heavy atom. The molecule has 18 heteroatoms. The van der Waals surface area contributed by atoms with Crippen molar-refractivity contribution >= 4 is 46.1 Å². The smallest absolute Gasteiger partial charge is 0.445 e. The first-order valence-corrected chi connectivity index (χ1v) is 14.5. The van der Waals surface area contributed by atoms with Crippen molar-refractivity contribution < 1.29 is 45.4 Å². The summed E-state index contributed by atoms with van der Waals surface area (Å²) in [6, 6.07) is 14.1. The van der Waals surface area contributed by atoms with E-state index in [-0.39, 0.29) is 53.7 Å². The molecule has 0 unspecified atom stereocenters. The predicted molar refractivity (Wildman–Crippen MR) is 159 cm³/mol. The van der Waals surface area contributed by atoms with E-state index >= 15 is 0 Å². The number of fused-ring (bicyclic) bond motifs is 3. The van der Waals surface area contributed by atoms with Gasteiger partial charge >= 0.3 is 18.6 Å². The molecule has 11 nitrogen and oxygen atoms in total. The monoisotopic (exact) mass is 693 g/mol. The highest BCUT2D eigenvalue weighted by molar-refractivity contribution is 6.30. The first-order chi connectivity index (χ1) is 22.8. The minimum absolute atomic E-state index is 0.0439. The zero-order valence-electron chi connectivity index (χ0n) is 24.3. The van der Waals surface area contributed by atoms with Crippen LogP contribution in [0.15, 0.2) is 66.7 Å². The quantitative estimate of drug-likeness (QED) is 0.206. The second-order valence-electron chi connectivity index (χ2n) is 10.5. The lowest BCUT2D eigenvalue weighted by Crippen LogP contribution is -2.44. The standard InChI is InChI=1S/C30H22ClF6N7O4/c31-17-9-10-18(22(13-17)48-30(35,36)37)24-41-25-19-7-4-8-20(29(32,33)34)23(19)40-27(44(25)42-24)39-21-14-43(12-11-38-26(21)45)28(46)47-15-16-5-2-1-3-6-16/h1-10,13,21H,11-12,14-15H2,(H,38,45)(H,39,40)/t21-/m1/s1. The Balaban J connectivity index is 1.42. The Kier molecular flexibility index (Phi) is 8.63. The highest BCUT2D eigenvalue weighted by atomic mass is 35.5. The van der Waals surface area contributed by atoms with Crippen LogP contribution < -0.4 is 15.4 Å². The number of rotatable bonds is 6. The number of anilines is 1. The van der Waals surface area contributed by atoms with Gasteiger partial charge in [-0.05, 0) is 35.9 Å². The Bertz CT molecular complexity index is 2010. The fourth-order valence-electron chi connectivity index (χ4n) is 5.03. The van der Waals surface area contributed by atoms with E-state index in [0.29, 0.717) is 0 Å². The Morgan fingerprint density at radius 2 is 1.79 bits per heavy atom.